The van der Waals surface area contributed by atoms with Gasteiger partial charge in [-0.05, 0) is 31.6 Å². The minimum absolute atomic E-state index is 0.0811. The van der Waals surface area contributed by atoms with Gasteiger partial charge in [-0.15, -0.1) is 0 Å². The number of hydrogen-bond acceptors (Lipinski definition) is 5. The molecule has 6 N–H and O–H groups in total. The van der Waals surface area contributed by atoms with Crippen molar-refractivity contribution >= 4 is 23.9 Å². The van der Waals surface area contributed by atoms with E-state index in [9.17, 15) is 14.4 Å². The number of nitrogens with two attached hydrogens (primary N) is 1. The van der Waals surface area contributed by atoms with E-state index >= 15 is 0 Å². The molecule has 1 aliphatic heterocycles. The summed E-state index contributed by atoms with van der Waals surface area (Å²) in [6.45, 7) is 3.64. The van der Waals surface area contributed by atoms with E-state index in [-0.39, 0.29) is 31.5 Å². The molecule has 9 heteroatoms. The molecule has 1 aliphatic carbocycles. The second-order valence-corrected chi connectivity index (χ2v) is 7.42. The Morgan fingerprint density at radius 2 is 2.03 bits per heavy atom. The summed E-state index contributed by atoms with van der Waals surface area (Å²) in [5.74, 6) is -1.13. The fourth-order valence-electron chi connectivity index (χ4n) is 3.67. The van der Waals surface area contributed by atoms with Crippen LogP contribution in [0.2, 0.25) is 0 Å². The lowest BCUT2D eigenvalue weighted by molar-refractivity contribution is -0.123. The van der Waals surface area contributed by atoms with Crippen LogP contribution in [0.5, 0.6) is 0 Å². The number of aliphatic hydroxyl groups excluding tert-OH is 1. The summed E-state index contributed by atoms with van der Waals surface area (Å²) in [4.78, 5) is 42.1. The molecule has 1 fully saturated rings. The molecule has 160 valence electrons. The molecule has 0 bridgehead atoms. The van der Waals surface area contributed by atoms with Gasteiger partial charge in [-0.3, -0.25) is 14.5 Å². The van der Waals surface area contributed by atoms with Crippen molar-refractivity contribution in [1.82, 2.24) is 20.5 Å². The molecule has 2 aliphatic rings. The Hall–Kier alpha value is -3.17. The van der Waals surface area contributed by atoms with Crippen LogP contribution in [0.25, 0.3) is 6.08 Å². The lowest BCUT2D eigenvalue weighted by Gasteiger charge is -2.24. The molecule has 3 rings (SSSR count). The van der Waals surface area contributed by atoms with Crippen molar-refractivity contribution in [2.24, 2.45) is 11.7 Å². The molecular formula is C21H27N5O4. The van der Waals surface area contributed by atoms with Crippen molar-refractivity contribution in [3.05, 3.63) is 52.9 Å². The molecule has 0 radical (unpaired) electrons. The Morgan fingerprint density at radius 1 is 1.30 bits per heavy atom. The molecule has 0 aromatic carbocycles. The maximum atomic E-state index is 13.1. The van der Waals surface area contributed by atoms with Gasteiger partial charge in [0.05, 0.1) is 12.6 Å². The normalized spacial score (nSPS) is 22.3. The van der Waals surface area contributed by atoms with Crippen molar-refractivity contribution in [3.63, 3.8) is 0 Å². The average molecular weight is 413 g/mol. The van der Waals surface area contributed by atoms with E-state index in [1.54, 1.807) is 12.2 Å². The van der Waals surface area contributed by atoms with Crippen LogP contribution in [-0.2, 0) is 9.59 Å². The second kappa shape index (κ2) is 9.10. The molecule has 0 spiro atoms. The molecule has 4 amide bonds. The van der Waals surface area contributed by atoms with Gasteiger partial charge in [-0.2, -0.15) is 0 Å². The number of allylic oxidation sites excluding steroid dienone is 2. The number of H-pyrrole nitrogens is 1. The molecule has 1 saturated heterocycles. The van der Waals surface area contributed by atoms with E-state index in [0.717, 1.165) is 17.0 Å². The molecule has 3 unspecified atom stereocenters. The number of aliphatic hydroxyl groups is 1. The summed E-state index contributed by atoms with van der Waals surface area (Å²) in [6, 6.07) is -0.0452. The maximum Gasteiger partial charge on any atom is 0.325 e. The minimum atomic E-state index is -0.990. The van der Waals surface area contributed by atoms with E-state index in [4.69, 9.17) is 10.8 Å². The number of rotatable bonds is 6. The Kier molecular flexibility index (Phi) is 6.53. The number of aromatic nitrogens is 1. The highest BCUT2D eigenvalue weighted by molar-refractivity contribution is 6.10. The van der Waals surface area contributed by atoms with Gasteiger partial charge in [0.2, 0.25) is 5.91 Å². The van der Waals surface area contributed by atoms with Gasteiger partial charge in [0, 0.05) is 36.0 Å². The van der Waals surface area contributed by atoms with E-state index in [1.165, 1.54) is 4.90 Å². The number of nitrogens with one attached hydrogen (secondary N) is 3. The third-order valence-corrected chi connectivity index (χ3v) is 5.16. The fourth-order valence-corrected chi connectivity index (χ4v) is 3.67. The minimum Gasteiger partial charge on any atom is -0.395 e. The summed E-state index contributed by atoms with van der Waals surface area (Å²) in [6.07, 6.45) is 9.17. The first-order chi connectivity index (χ1) is 14.3. The number of carbonyl (C=O) groups is 3. The lowest BCUT2D eigenvalue weighted by atomic mass is 9.91. The first-order valence-electron chi connectivity index (χ1n) is 9.81. The number of urea groups is 1. The van der Waals surface area contributed by atoms with Crippen LogP contribution in [0.3, 0.4) is 0 Å². The highest BCUT2D eigenvalue weighted by atomic mass is 16.3. The standard InChI is InChI=1S/C21H27N5O4/c1-12-9-13(2)25-17(12)10-15-14-5-3-4-6-18(14)26(20(15)29)21(30)24-11-16(22)19(28)23-7-8-27/h3-6,9-10,14,16,18,25,27H,7-8,11,22H2,1-2H3,(H,23,28)(H,24,30)/b15-10-. The number of hydrogen-bond donors (Lipinski definition) is 5. The predicted molar refractivity (Wildman–Crippen MR) is 112 cm³/mol. The van der Waals surface area contributed by atoms with Gasteiger partial charge in [0.15, 0.2) is 0 Å². The van der Waals surface area contributed by atoms with Gasteiger partial charge in [-0.1, -0.05) is 24.3 Å². The number of carbonyl (C=O) groups excluding carboxylic acids is 3. The molecule has 1 aromatic rings. The van der Waals surface area contributed by atoms with Crippen molar-refractivity contribution in [3.8, 4) is 0 Å². The van der Waals surface area contributed by atoms with Crippen LogP contribution in [0.1, 0.15) is 17.0 Å². The van der Waals surface area contributed by atoms with Crippen molar-refractivity contribution in [2.75, 3.05) is 19.7 Å². The Bertz CT molecular complexity index is 930. The highest BCUT2D eigenvalue weighted by Crippen LogP contribution is 2.36. The van der Waals surface area contributed by atoms with E-state index in [2.05, 4.69) is 15.6 Å². The van der Waals surface area contributed by atoms with Crippen LogP contribution < -0.4 is 16.4 Å². The van der Waals surface area contributed by atoms with Crippen molar-refractivity contribution in [1.29, 1.82) is 0 Å². The van der Waals surface area contributed by atoms with E-state index in [1.807, 2.05) is 38.1 Å². The van der Waals surface area contributed by atoms with Gasteiger partial charge in [0.25, 0.3) is 5.91 Å². The van der Waals surface area contributed by atoms with Crippen LogP contribution in [-0.4, -0.2) is 64.6 Å². The number of imide groups is 1. The highest BCUT2D eigenvalue weighted by Gasteiger charge is 2.45. The van der Waals surface area contributed by atoms with Gasteiger partial charge < -0.3 is 26.5 Å². The molecule has 0 saturated carbocycles. The topological polar surface area (TPSA) is 141 Å². The molecule has 2 heterocycles. The van der Waals surface area contributed by atoms with Crippen molar-refractivity contribution < 1.29 is 19.5 Å². The lowest BCUT2D eigenvalue weighted by Crippen LogP contribution is -2.52. The Morgan fingerprint density at radius 3 is 2.70 bits per heavy atom. The third-order valence-electron chi connectivity index (χ3n) is 5.16. The smallest absolute Gasteiger partial charge is 0.325 e. The van der Waals surface area contributed by atoms with E-state index in [0.29, 0.717) is 5.57 Å². The predicted octanol–water partition coefficient (Wildman–Crippen LogP) is 0.113. The first-order valence-corrected chi connectivity index (χ1v) is 9.81. The average Bonchev–Trinajstić information content (AvgIpc) is 3.19. The SMILES string of the molecule is Cc1cc(C)c(/C=C2\C(=O)N(C(=O)NCC(N)C(=O)NCCO)C3C=CC=CC23)[nH]1. The summed E-state index contributed by atoms with van der Waals surface area (Å²) < 4.78 is 0. The molecular weight excluding hydrogens is 386 g/mol. The van der Waals surface area contributed by atoms with Gasteiger partial charge in [-0.25, -0.2) is 4.79 Å². The monoisotopic (exact) mass is 413 g/mol. The molecule has 1 aromatic heterocycles. The number of likely N-dealkylation sites (tertiary alicyclic amines) is 1. The Labute approximate surface area is 174 Å². The van der Waals surface area contributed by atoms with Gasteiger partial charge in [0.1, 0.15) is 6.04 Å². The van der Waals surface area contributed by atoms with E-state index < -0.39 is 24.0 Å². The zero-order valence-electron chi connectivity index (χ0n) is 17.0. The second-order valence-electron chi connectivity index (χ2n) is 7.42. The van der Waals surface area contributed by atoms with Crippen LogP contribution in [0, 0.1) is 19.8 Å². The number of aryl methyl sites for hydroxylation is 2. The number of aromatic amines is 1. The van der Waals surface area contributed by atoms with Crippen LogP contribution in [0.4, 0.5) is 4.79 Å². The molecule has 3 atom stereocenters. The zero-order valence-corrected chi connectivity index (χ0v) is 17.0. The first kappa shape index (κ1) is 21.5. The quantitative estimate of drug-likeness (QED) is 0.421. The molecule has 9 nitrogen and oxygen atoms in total. The maximum absolute atomic E-state index is 13.1. The van der Waals surface area contributed by atoms with Gasteiger partial charge >= 0.3 is 6.03 Å². The summed E-state index contributed by atoms with van der Waals surface area (Å²) in [5, 5.41) is 13.8. The van der Waals surface area contributed by atoms with Crippen LogP contribution in [0.15, 0.2) is 35.9 Å². The summed E-state index contributed by atoms with van der Waals surface area (Å²) >= 11 is 0. The third kappa shape index (κ3) is 4.37. The Balaban J connectivity index is 1.76. The number of fused-ring (bicyclic) bond motifs is 1. The fraction of sp³-hybridized carbons (Fsp3) is 0.381. The number of amides is 4. The largest absolute Gasteiger partial charge is 0.395 e. The van der Waals surface area contributed by atoms with Crippen molar-refractivity contribution in [2.45, 2.75) is 25.9 Å². The number of nitrogens with zero attached hydrogens (tertiary/aromatic N) is 1. The molecule has 30 heavy (non-hydrogen) atoms. The summed E-state index contributed by atoms with van der Waals surface area (Å²) in [7, 11) is 0. The summed E-state index contributed by atoms with van der Waals surface area (Å²) in [5.41, 5.74) is 9.13. The zero-order chi connectivity index (χ0) is 21.8. The van der Waals surface area contributed by atoms with Crippen LogP contribution >= 0.6 is 0 Å².